The number of piperidine rings is 1. The first-order valence-electron chi connectivity index (χ1n) is 14.4. The van der Waals surface area contributed by atoms with Gasteiger partial charge in [0.25, 0.3) is 5.91 Å². The maximum atomic E-state index is 13.9. The molecule has 44 heavy (non-hydrogen) atoms. The van der Waals surface area contributed by atoms with Crippen molar-refractivity contribution in [3.63, 3.8) is 0 Å². The van der Waals surface area contributed by atoms with Gasteiger partial charge in [-0.2, -0.15) is 0 Å². The van der Waals surface area contributed by atoms with Crippen molar-refractivity contribution < 1.29 is 19.1 Å². The molecule has 2 heterocycles. The second-order valence-electron chi connectivity index (χ2n) is 11.7. The van der Waals surface area contributed by atoms with E-state index < -0.39 is 29.4 Å². The Bertz CT molecular complexity index is 1370. The maximum absolute atomic E-state index is 13.9. The first kappa shape index (κ1) is 36.8. The van der Waals surface area contributed by atoms with E-state index in [0.29, 0.717) is 19.0 Å². The Kier molecular flexibility index (Phi) is 13.8. The van der Waals surface area contributed by atoms with Crippen molar-refractivity contribution in [2.45, 2.75) is 64.8 Å². The van der Waals surface area contributed by atoms with Crippen LogP contribution in [0.2, 0.25) is 0 Å². The average Bonchev–Trinajstić information content (AvgIpc) is 3.41. The molecule has 1 aliphatic heterocycles. The van der Waals surface area contributed by atoms with E-state index >= 15 is 0 Å². The number of nitrogens with one attached hydrogen (secondary N) is 2. The highest BCUT2D eigenvalue weighted by Crippen LogP contribution is 2.27. The largest absolute Gasteiger partial charge is 0.374 e. The Hall–Kier alpha value is -3.44. The van der Waals surface area contributed by atoms with E-state index in [2.05, 4.69) is 22.5 Å². The number of carbonyl (C=O) groups is 3. The normalized spacial score (nSPS) is 14.9. The van der Waals surface area contributed by atoms with Crippen LogP contribution in [0.25, 0.3) is 0 Å². The molecule has 2 atom stereocenters. The molecule has 1 unspecified atom stereocenters. The number of hydrogen-bond donors (Lipinski definition) is 3. The van der Waals surface area contributed by atoms with E-state index in [1.807, 2.05) is 66.4 Å². The summed E-state index contributed by atoms with van der Waals surface area (Å²) < 4.78 is 7.52. The van der Waals surface area contributed by atoms with Crippen molar-refractivity contribution in [1.29, 1.82) is 0 Å². The second-order valence-corrected chi connectivity index (χ2v) is 11.7. The Balaban J connectivity index is 0.00000337. The lowest BCUT2D eigenvalue weighted by molar-refractivity contribution is -0.135. The van der Waals surface area contributed by atoms with E-state index in [9.17, 15) is 14.4 Å². The Labute approximate surface area is 271 Å². The van der Waals surface area contributed by atoms with Crippen LogP contribution in [0.15, 0.2) is 67.1 Å². The van der Waals surface area contributed by atoms with Crippen molar-refractivity contribution in [1.82, 2.24) is 19.8 Å². The number of amides is 3. The molecule has 2 aromatic carbocycles. The number of imidazole rings is 1. The van der Waals surface area contributed by atoms with Crippen LogP contribution in [0.4, 0.5) is 5.82 Å². The molecule has 1 aromatic heterocycles. The lowest BCUT2D eigenvalue weighted by Crippen LogP contribution is -2.56. The SMILES string of the molecule is Cc1ccccc1C(C(=O)N1CCC(C)CC1)n1cnc(NC(=O)[C@@H](COCc2ccccc2)NC(=O)C(C)(C)N)c1.Cl.Cl. The molecule has 1 saturated heterocycles. The van der Waals surface area contributed by atoms with E-state index in [-0.39, 0.29) is 49.8 Å². The number of halogens is 2. The van der Waals surface area contributed by atoms with Gasteiger partial charge in [-0.25, -0.2) is 4.98 Å². The van der Waals surface area contributed by atoms with Gasteiger partial charge in [0.15, 0.2) is 5.82 Å². The quantitative estimate of drug-likeness (QED) is 0.285. The van der Waals surface area contributed by atoms with Crippen LogP contribution in [0.5, 0.6) is 0 Å². The molecule has 0 saturated carbocycles. The third kappa shape index (κ3) is 9.79. The van der Waals surface area contributed by atoms with Gasteiger partial charge in [0, 0.05) is 19.3 Å². The molecule has 0 radical (unpaired) electrons. The number of nitrogens with two attached hydrogens (primary N) is 1. The monoisotopic (exact) mass is 646 g/mol. The zero-order valence-corrected chi connectivity index (χ0v) is 27.3. The highest BCUT2D eigenvalue weighted by atomic mass is 35.5. The number of nitrogens with zero attached hydrogens (tertiary/aromatic N) is 3. The molecule has 3 amide bonds. The van der Waals surface area contributed by atoms with Gasteiger partial charge in [0.05, 0.1) is 25.1 Å². The average molecular weight is 648 g/mol. The molecule has 4 rings (SSSR count). The molecular weight excluding hydrogens is 603 g/mol. The summed E-state index contributed by atoms with van der Waals surface area (Å²) in [7, 11) is 0. The molecule has 0 aliphatic carbocycles. The fraction of sp³-hybridized carbons (Fsp3) is 0.438. The van der Waals surface area contributed by atoms with Crippen LogP contribution in [-0.4, -0.2) is 63.4 Å². The number of aromatic nitrogens is 2. The van der Waals surface area contributed by atoms with Crippen molar-refractivity contribution in [2.75, 3.05) is 25.0 Å². The van der Waals surface area contributed by atoms with Crippen LogP contribution in [-0.2, 0) is 25.7 Å². The molecule has 12 heteroatoms. The van der Waals surface area contributed by atoms with Crippen LogP contribution >= 0.6 is 24.8 Å². The number of anilines is 1. The van der Waals surface area contributed by atoms with Gasteiger partial charge in [-0.05, 0) is 56.2 Å². The molecule has 0 bridgehead atoms. The fourth-order valence-corrected chi connectivity index (χ4v) is 4.87. The number of aryl methyl sites for hydroxylation is 1. The molecule has 240 valence electrons. The molecule has 3 aromatic rings. The summed E-state index contributed by atoms with van der Waals surface area (Å²) in [5.74, 6) is -0.146. The standard InChI is InChI=1S/C32H42N6O4.2ClH/c1-22-14-16-37(17-15-22)30(40)28(25-13-9-8-10-23(25)2)38-18-27(34-21-38)36-29(39)26(35-31(41)32(3,4)33)20-42-19-24-11-6-5-7-12-24;;/h5-13,18,21-22,26,28H,14-17,19-20,33H2,1-4H3,(H,35,41)(H,36,39);2*1H/t26-,28?;;/m1../s1. The van der Waals surface area contributed by atoms with Gasteiger partial charge in [-0.1, -0.05) is 61.5 Å². The molecule has 1 aliphatic rings. The van der Waals surface area contributed by atoms with E-state index in [1.54, 1.807) is 30.9 Å². The minimum absolute atomic E-state index is 0. The van der Waals surface area contributed by atoms with Crippen LogP contribution in [0.3, 0.4) is 0 Å². The van der Waals surface area contributed by atoms with Crippen molar-refractivity contribution in [3.05, 3.63) is 83.8 Å². The first-order chi connectivity index (χ1) is 20.0. The Morgan fingerprint density at radius 1 is 1.05 bits per heavy atom. The van der Waals surface area contributed by atoms with Gasteiger partial charge < -0.3 is 30.6 Å². The minimum atomic E-state index is -1.19. The minimum Gasteiger partial charge on any atom is -0.374 e. The zero-order valence-electron chi connectivity index (χ0n) is 25.7. The summed E-state index contributed by atoms with van der Waals surface area (Å²) in [6, 6.07) is 15.7. The van der Waals surface area contributed by atoms with Gasteiger partial charge in [-0.3, -0.25) is 14.4 Å². The van der Waals surface area contributed by atoms with E-state index in [0.717, 1.165) is 29.5 Å². The van der Waals surface area contributed by atoms with Crippen LogP contribution < -0.4 is 16.4 Å². The number of benzene rings is 2. The predicted octanol–water partition coefficient (Wildman–Crippen LogP) is 4.26. The summed E-state index contributed by atoms with van der Waals surface area (Å²) >= 11 is 0. The summed E-state index contributed by atoms with van der Waals surface area (Å²) in [6.07, 6.45) is 5.14. The molecule has 0 spiro atoms. The van der Waals surface area contributed by atoms with Crippen LogP contribution in [0, 0.1) is 12.8 Å². The Morgan fingerprint density at radius 2 is 1.68 bits per heavy atom. The third-order valence-corrected chi connectivity index (χ3v) is 7.57. The topological polar surface area (TPSA) is 132 Å². The van der Waals surface area contributed by atoms with Crippen molar-refractivity contribution in [2.24, 2.45) is 11.7 Å². The van der Waals surface area contributed by atoms with Gasteiger partial charge in [0.1, 0.15) is 12.1 Å². The number of rotatable bonds is 11. The lowest BCUT2D eigenvalue weighted by atomic mass is 9.96. The number of hydrogen-bond acceptors (Lipinski definition) is 6. The van der Waals surface area contributed by atoms with Crippen LogP contribution in [0.1, 0.15) is 56.3 Å². The Morgan fingerprint density at radius 3 is 2.32 bits per heavy atom. The third-order valence-electron chi connectivity index (χ3n) is 7.57. The maximum Gasteiger partial charge on any atom is 0.250 e. The molecule has 4 N–H and O–H groups in total. The molecular formula is C32H44Cl2N6O4. The highest BCUT2D eigenvalue weighted by Gasteiger charge is 2.32. The van der Waals surface area contributed by atoms with Gasteiger partial charge in [-0.15, -0.1) is 24.8 Å². The summed E-state index contributed by atoms with van der Waals surface area (Å²) in [5.41, 5.74) is 7.58. The second kappa shape index (κ2) is 16.6. The molecule has 10 nitrogen and oxygen atoms in total. The van der Waals surface area contributed by atoms with Gasteiger partial charge in [0.2, 0.25) is 11.8 Å². The van der Waals surface area contributed by atoms with Crippen molar-refractivity contribution in [3.8, 4) is 0 Å². The fourth-order valence-electron chi connectivity index (χ4n) is 4.87. The smallest absolute Gasteiger partial charge is 0.250 e. The number of ether oxygens (including phenoxy) is 1. The first-order valence-corrected chi connectivity index (χ1v) is 14.4. The summed E-state index contributed by atoms with van der Waals surface area (Å²) in [5, 5.41) is 5.48. The number of likely N-dealkylation sites (tertiary alicyclic amines) is 1. The lowest BCUT2D eigenvalue weighted by Gasteiger charge is -2.33. The number of carbonyl (C=O) groups excluding carboxylic acids is 3. The molecule has 1 fully saturated rings. The van der Waals surface area contributed by atoms with E-state index in [4.69, 9.17) is 10.5 Å². The van der Waals surface area contributed by atoms with Gasteiger partial charge >= 0.3 is 0 Å². The predicted molar refractivity (Wildman–Crippen MR) is 176 cm³/mol. The summed E-state index contributed by atoms with van der Waals surface area (Å²) in [6.45, 7) is 8.95. The highest BCUT2D eigenvalue weighted by molar-refractivity contribution is 5.98. The van der Waals surface area contributed by atoms with Crippen molar-refractivity contribution >= 4 is 48.4 Å². The zero-order chi connectivity index (χ0) is 30.3. The van der Waals surface area contributed by atoms with E-state index in [1.165, 1.54) is 0 Å². The summed E-state index contributed by atoms with van der Waals surface area (Å²) in [4.78, 5) is 46.2.